The number of nitrogens with two attached hydrogens (primary N) is 1. The number of nitrogen functional groups attached to an aromatic ring is 1. The van der Waals surface area contributed by atoms with Gasteiger partial charge < -0.3 is 10.6 Å². The average molecular weight is 232 g/mol. The van der Waals surface area contributed by atoms with Crippen LogP contribution in [0.25, 0.3) is 0 Å². The van der Waals surface area contributed by atoms with E-state index in [0.717, 1.165) is 18.2 Å². The topological polar surface area (TPSA) is 66.0 Å². The van der Waals surface area contributed by atoms with Crippen molar-refractivity contribution in [2.24, 2.45) is 11.7 Å². The van der Waals surface area contributed by atoms with Gasteiger partial charge in [0.15, 0.2) is 0 Å². The van der Waals surface area contributed by atoms with E-state index in [1.807, 2.05) is 12.1 Å². The largest absolute Gasteiger partial charge is 0.382 e. The fourth-order valence-corrected chi connectivity index (χ4v) is 1.94. The minimum absolute atomic E-state index is 0.0296. The number of hydrogen-bond donors (Lipinski definition) is 2. The summed E-state index contributed by atoms with van der Waals surface area (Å²) in [6.07, 6.45) is 4.41. The summed E-state index contributed by atoms with van der Waals surface area (Å²) < 4.78 is 0. The van der Waals surface area contributed by atoms with Gasteiger partial charge in [0.25, 0.3) is 0 Å². The Morgan fingerprint density at radius 2 is 2.29 bits per heavy atom. The van der Waals surface area contributed by atoms with Gasteiger partial charge in [0, 0.05) is 24.5 Å². The van der Waals surface area contributed by atoms with Crippen molar-refractivity contribution in [3.05, 3.63) is 24.0 Å². The van der Waals surface area contributed by atoms with E-state index in [9.17, 15) is 0 Å². The molecule has 1 aliphatic rings. The first kappa shape index (κ1) is 11.9. The molecule has 2 rings (SSSR count). The Morgan fingerprint density at radius 1 is 1.59 bits per heavy atom. The Bertz CT molecular complexity index is 410. The van der Waals surface area contributed by atoms with Gasteiger partial charge in [-0.05, 0) is 44.7 Å². The van der Waals surface area contributed by atoms with E-state index in [4.69, 9.17) is 11.1 Å². The van der Waals surface area contributed by atoms with Gasteiger partial charge in [0.1, 0.15) is 11.5 Å². The summed E-state index contributed by atoms with van der Waals surface area (Å²) in [5.41, 5.74) is 7.15. The maximum Gasteiger partial charge on any atom is 0.141 e. The maximum atomic E-state index is 7.43. The zero-order valence-corrected chi connectivity index (χ0v) is 10.5. The Balaban J connectivity index is 2.21. The summed E-state index contributed by atoms with van der Waals surface area (Å²) >= 11 is 0. The molecule has 0 aliphatic heterocycles. The number of nitrogens with one attached hydrogen (secondary N) is 1. The van der Waals surface area contributed by atoms with Gasteiger partial charge in [-0.1, -0.05) is 0 Å². The molecule has 1 saturated carbocycles. The molecular weight excluding hydrogens is 212 g/mol. The van der Waals surface area contributed by atoms with E-state index in [-0.39, 0.29) is 5.84 Å². The molecule has 92 valence electrons. The van der Waals surface area contributed by atoms with Crippen molar-refractivity contribution in [1.29, 1.82) is 5.41 Å². The smallest absolute Gasteiger partial charge is 0.141 e. The van der Waals surface area contributed by atoms with Crippen molar-refractivity contribution in [3.63, 3.8) is 0 Å². The number of aromatic nitrogens is 1. The van der Waals surface area contributed by atoms with Crippen molar-refractivity contribution in [1.82, 2.24) is 4.98 Å². The van der Waals surface area contributed by atoms with Gasteiger partial charge in [-0.2, -0.15) is 0 Å². The summed E-state index contributed by atoms with van der Waals surface area (Å²) in [7, 11) is 0. The first-order valence-corrected chi connectivity index (χ1v) is 6.15. The third-order valence-corrected chi connectivity index (χ3v) is 3.13. The Kier molecular flexibility index (Phi) is 3.31. The molecule has 1 aliphatic carbocycles. The lowest BCUT2D eigenvalue weighted by Gasteiger charge is -2.29. The van der Waals surface area contributed by atoms with Crippen molar-refractivity contribution < 1.29 is 0 Å². The number of rotatable bonds is 5. The van der Waals surface area contributed by atoms with E-state index >= 15 is 0 Å². The molecule has 1 aromatic rings. The van der Waals surface area contributed by atoms with Crippen LogP contribution < -0.4 is 10.6 Å². The lowest BCUT2D eigenvalue weighted by molar-refractivity contribution is 0.644. The van der Waals surface area contributed by atoms with E-state index < -0.39 is 0 Å². The summed E-state index contributed by atoms with van der Waals surface area (Å²) in [6.45, 7) is 5.48. The molecule has 1 fully saturated rings. The van der Waals surface area contributed by atoms with Gasteiger partial charge in [-0.25, -0.2) is 0 Å². The molecule has 0 unspecified atom stereocenters. The zero-order valence-electron chi connectivity index (χ0n) is 10.5. The molecule has 0 saturated heterocycles. The second kappa shape index (κ2) is 4.73. The Morgan fingerprint density at radius 3 is 2.82 bits per heavy atom. The lowest BCUT2D eigenvalue weighted by atomic mass is 10.2. The highest BCUT2D eigenvalue weighted by atomic mass is 15.2. The van der Waals surface area contributed by atoms with Crippen LogP contribution in [-0.4, -0.2) is 23.4 Å². The van der Waals surface area contributed by atoms with E-state index in [2.05, 4.69) is 23.7 Å². The number of anilines is 1. The molecule has 1 heterocycles. The van der Waals surface area contributed by atoms with Gasteiger partial charge in [0.05, 0.1) is 0 Å². The molecule has 17 heavy (non-hydrogen) atoms. The predicted octanol–water partition coefficient (Wildman–Crippen LogP) is 1.99. The molecule has 0 atom stereocenters. The van der Waals surface area contributed by atoms with Crippen molar-refractivity contribution >= 4 is 11.5 Å². The lowest BCUT2D eigenvalue weighted by Crippen LogP contribution is -2.33. The first-order chi connectivity index (χ1) is 8.08. The highest BCUT2D eigenvalue weighted by molar-refractivity contribution is 5.93. The number of amidine groups is 1. The normalized spacial score (nSPS) is 15.0. The second-order valence-corrected chi connectivity index (χ2v) is 5.00. The van der Waals surface area contributed by atoms with Crippen LogP contribution in [0.1, 0.15) is 32.4 Å². The summed E-state index contributed by atoms with van der Waals surface area (Å²) in [5, 5.41) is 7.43. The molecular formula is C13H20N4. The highest BCUT2D eigenvalue weighted by Crippen LogP contribution is 2.32. The van der Waals surface area contributed by atoms with Crippen molar-refractivity contribution in [2.45, 2.75) is 32.7 Å². The van der Waals surface area contributed by atoms with E-state index in [0.29, 0.717) is 11.7 Å². The molecule has 3 N–H and O–H groups in total. The summed E-state index contributed by atoms with van der Waals surface area (Å²) in [5.74, 6) is 0.869. The van der Waals surface area contributed by atoms with Gasteiger partial charge in [-0.3, -0.25) is 10.4 Å². The molecule has 4 nitrogen and oxygen atoms in total. The van der Waals surface area contributed by atoms with Crippen LogP contribution in [0, 0.1) is 11.3 Å². The SMILES string of the molecule is CC(C)N(CC1CC1)c1ccnc(C(=N)N)c1. The molecule has 1 aromatic heterocycles. The van der Waals surface area contributed by atoms with E-state index in [1.165, 1.54) is 12.8 Å². The van der Waals surface area contributed by atoms with Gasteiger partial charge in [0.2, 0.25) is 0 Å². The quantitative estimate of drug-likeness (QED) is 0.602. The molecule has 0 aromatic carbocycles. The van der Waals surface area contributed by atoms with Crippen molar-refractivity contribution in [2.75, 3.05) is 11.4 Å². The number of pyridine rings is 1. The Hall–Kier alpha value is -1.58. The minimum atomic E-state index is 0.0296. The summed E-state index contributed by atoms with van der Waals surface area (Å²) in [6, 6.07) is 4.36. The van der Waals surface area contributed by atoms with Crippen LogP contribution >= 0.6 is 0 Å². The maximum absolute atomic E-state index is 7.43. The zero-order chi connectivity index (χ0) is 12.4. The van der Waals surface area contributed by atoms with Crippen LogP contribution in [0.15, 0.2) is 18.3 Å². The first-order valence-electron chi connectivity index (χ1n) is 6.15. The average Bonchev–Trinajstić information content (AvgIpc) is 3.09. The van der Waals surface area contributed by atoms with Crippen LogP contribution in [-0.2, 0) is 0 Å². The van der Waals surface area contributed by atoms with Crippen LogP contribution in [0.3, 0.4) is 0 Å². The number of hydrogen-bond acceptors (Lipinski definition) is 3. The Labute approximate surface area is 102 Å². The third kappa shape index (κ3) is 2.96. The van der Waals surface area contributed by atoms with Crippen LogP contribution in [0.4, 0.5) is 5.69 Å². The standard InChI is InChI=1S/C13H20N4/c1-9(2)17(8-10-3-4-10)11-5-6-16-12(7-11)13(14)15/h5-7,9-10H,3-4,8H2,1-2H3,(H3,14,15). The van der Waals surface area contributed by atoms with Gasteiger partial charge in [-0.15, -0.1) is 0 Å². The predicted molar refractivity (Wildman–Crippen MR) is 70.5 cm³/mol. The second-order valence-electron chi connectivity index (χ2n) is 5.00. The van der Waals surface area contributed by atoms with Crippen LogP contribution in [0.5, 0.6) is 0 Å². The fraction of sp³-hybridized carbons (Fsp3) is 0.538. The minimum Gasteiger partial charge on any atom is -0.382 e. The molecule has 4 heteroatoms. The van der Waals surface area contributed by atoms with Gasteiger partial charge >= 0.3 is 0 Å². The third-order valence-electron chi connectivity index (χ3n) is 3.13. The molecule has 0 amide bonds. The molecule has 0 bridgehead atoms. The number of nitrogens with zero attached hydrogens (tertiary/aromatic N) is 2. The summed E-state index contributed by atoms with van der Waals surface area (Å²) in [4.78, 5) is 6.47. The van der Waals surface area contributed by atoms with E-state index in [1.54, 1.807) is 6.20 Å². The fourth-order valence-electron chi connectivity index (χ4n) is 1.94. The highest BCUT2D eigenvalue weighted by Gasteiger charge is 2.25. The van der Waals surface area contributed by atoms with Crippen LogP contribution in [0.2, 0.25) is 0 Å². The van der Waals surface area contributed by atoms with Crippen molar-refractivity contribution in [3.8, 4) is 0 Å². The monoisotopic (exact) mass is 232 g/mol. The molecule has 0 spiro atoms. The molecule has 0 radical (unpaired) electrons.